The Bertz CT molecular complexity index is 779. The summed E-state index contributed by atoms with van der Waals surface area (Å²) in [5.74, 6) is -0.165. The largest absolute Gasteiger partial charge is 0.344 e. The van der Waals surface area contributed by atoms with Crippen molar-refractivity contribution in [1.82, 2.24) is 10.3 Å². The van der Waals surface area contributed by atoms with Gasteiger partial charge in [-0.2, -0.15) is 0 Å². The Morgan fingerprint density at radius 1 is 1.20 bits per heavy atom. The summed E-state index contributed by atoms with van der Waals surface area (Å²) in [4.78, 5) is 30.8. The van der Waals surface area contributed by atoms with Gasteiger partial charge in [0.25, 0.3) is 0 Å². The first-order valence-corrected chi connectivity index (χ1v) is 8.53. The van der Waals surface area contributed by atoms with Gasteiger partial charge in [0.1, 0.15) is 6.04 Å². The van der Waals surface area contributed by atoms with Gasteiger partial charge in [0.15, 0.2) is 0 Å². The molecular weight excluding hydrogens is 314 g/mol. The molecule has 130 valence electrons. The van der Waals surface area contributed by atoms with Crippen molar-refractivity contribution >= 4 is 17.5 Å². The highest BCUT2D eigenvalue weighted by molar-refractivity contribution is 6.02. The molecule has 25 heavy (non-hydrogen) atoms. The fourth-order valence-electron chi connectivity index (χ4n) is 3.57. The number of aryl methyl sites for hydroxylation is 3. The van der Waals surface area contributed by atoms with Crippen LogP contribution in [0, 0.1) is 20.8 Å². The van der Waals surface area contributed by atoms with Crippen molar-refractivity contribution in [3.63, 3.8) is 0 Å². The van der Waals surface area contributed by atoms with Crippen LogP contribution in [0.15, 0.2) is 36.7 Å². The number of aromatic nitrogens is 1. The maximum Gasteiger partial charge on any atom is 0.249 e. The minimum absolute atomic E-state index is 0.0295. The summed E-state index contributed by atoms with van der Waals surface area (Å²) in [6, 6.07) is 7.34. The molecule has 3 rings (SSSR count). The summed E-state index contributed by atoms with van der Waals surface area (Å²) in [5.41, 5.74) is 5.23. The van der Waals surface area contributed by atoms with Gasteiger partial charge in [-0.1, -0.05) is 17.7 Å². The molecule has 1 aromatic carbocycles. The monoisotopic (exact) mass is 337 g/mol. The quantitative estimate of drug-likeness (QED) is 0.932. The predicted octanol–water partition coefficient (Wildman–Crippen LogP) is 2.47. The number of hydrogen-bond donors (Lipinski definition) is 1. The van der Waals surface area contributed by atoms with Gasteiger partial charge in [-0.15, -0.1) is 0 Å². The summed E-state index contributed by atoms with van der Waals surface area (Å²) >= 11 is 0. The second kappa shape index (κ2) is 7.05. The van der Waals surface area contributed by atoms with Crippen LogP contribution in [0.2, 0.25) is 0 Å². The second-order valence-corrected chi connectivity index (χ2v) is 6.68. The molecule has 2 aromatic rings. The van der Waals surface area contributed by atoms with Gasteiger partial charge < -0.3 is 10.2 Å². The van der Waals surface area contributed by atoms with Gasteiger partial charge in [-0.3, -0.25) is 14.6 Å². The molecule has 5 heteroatoms. The van der Waals surface area contributed by atoms with Crippen LogP contribution in [0.4, 0.5) is 5.69 Å². The summed E-state index contributed by atoms with van der Waals surface area (Å²) in [7, 11) is 0. The average Bonchev–Trinajstić information content (AvgIpc) is 2.88. The van der Waals surface area contributed by atoms with E-state index in [0.29, 0.717) is 13.0 Å². The number of amides is 2. The van der Waals surface area contributed by atoms with Crippen LogP contribution in [-0.2, 0) is 16.0 Å². The van der Waals surface area contributed by atoms with Crippen LogP contribution < -0.4 is 10.2 Å². The molecule has 1 aromatic heterocycles. The van der Waals surface area contributed by atoms with Crippen molar-refractivity contribution in [3.05, 3.63) is 58.9 Å². The normalized spacial score (nSPS) is 17.0. The fraction of sp³-hybridized carbons (Fsp3) is 0.350. The number of nitrogens with one attached hydrogen (secondary N) is 1. The molecule has 5 nitrogen and oxygen atoms in total. The van der Waals surface area contributed by atoms with Gasteiger partial charge >= 0.3 is 0 Å². The molecule has 0 aliphatic carbocycles. The molecular formula is C20H23N3O2. The topological polar surface area (TPSA) is 62.3 Å². The molecule has 0 bridgehead atoms. The third-order valence-corrected chi connectivity index (χ3v) is 4.56. The zero-order valence-electron chi connectivity index (χ0n) is 14.9. The third-order valence-electron chi connectivity index (χ3n) is 4.56. The number of hydrogen-bond acceptors (Lipinski definition) is 3. The van der Waals surface area contributed by atoms with Crippen molar-refractivity contribution in [1.29, 1.82) is 0 Å². The highest BCUT2D eigenvalue weighted by Gasteiger charge is 2.34. The molecule has 2 amide bonds. The molecule has 1 atom stereocenters. The zero-order chi connectivity index (χ0) is 18.0. The summed E-state index contributed by atoms with van der Waals surface area (Å²) in [5, 5.41) is 2.88. The van der Waals surface area contributed by atoms with Crippen LogP contribution in [0.5, 0.6) is 0 Å². The Labute approximate surface area is 148 Å². The Kier molecular flexibility index (Phi) is 4.83. The van der Waals surface area contributed by atoms with Crippen LogP contribution in [0.3, 0.4) is 0 Å². The highest BCUT2D eigenvalue weighted by Crippen LogP contribution is 2.30. The minimum Gasteiger partial charge on any atom is -0.344 e. The first-order chi connectivity index (χ1) is 12.0. The molecule has 0 spiro atoms. The van der Waals surface area contributed by atoms with Crippen molar-refractivity contribution in [3.8, 4) is 0 Å². The molecule has 1 fully saturated rings. The Morgan fingerprint density at radius 2 is 1.84 bits per heavy atom. The minimum atomic E-state index is -0.450. The average molecular weight is 337 g/mol. The van der Waals surface area contributed by atoms with Crippen molar-refractivity contribution in [2.24, 2.45) is 0 Å². The first kappa shape index (κ1) is 17.1. The van der Waals surface area contributed by atoms with Gasteiger partial charge in [0.2, 0.25) is 11.8 Å². The SMILES string of the molecule is Cc1cc(C)c(N2CCC(NC(=O)Cc3ccncc3)C2=O)c(C)c1. The Balaban J connectivity index is 1.69. The van der Waals surface area contributed by atoms with E-state index in [1.165, 1.54) is 5.56 Å². The van der Waals surface area contributed by atoms with Crippen molar-refractivity contribution in [2.45, 2.75) is 39.7 Å². The lowest BCUT2D eigenvalue weighted by molar-refractivity contribution is -0.126. The van der Waals surface area contributed by atoms with E-state index in [9.17, 15) is 9.59 Å². The van der Waals surface area contributed by atoms with E-state index in [-0.39, 0.29) is 18.2 Å². The van der Waals surface area contributed by atoms with Crippen molar-refractivity contribution < 1.29 is 9.59 Å². The molecule has 1 aliphatic rings. The number of carbonyl (C=O) groups is 2. The first-order valence-electron chi connectivity index (χ1n) is 8.53. The molecule has 1 N–H and O–H groups in total. The Hall–Kier alpha value is -2.69. The number of rotatable bonds is 4. The molecule has 0 radical (unpaired) electrons. The highest BCUT2D eigenvalue weighted by atomic mass is 16.2. The van der Waals surface area contributed by atoms with Gasteiger partial charge in [-0.05, 0) is 56.0 Å². The summed E-state index contributed by atoms with van der Waals surface area (Å²) in [6.45, 7) is 6.73. The van der Waals surface area contributed by atoms with E-state index in [1.54, 1.807) is 24.5 Å². The molecule has 1 unspecified atom stereocenters. The van der Waals surface area contributed by atoms with Crippen molar-refractivity contribution in [2.75, 3.05) is 11.4 Å². The number of carbonyl (C=O) groups excluding carboxylic acids is 2. The van der Waals surface area contributed by atoms with Gasteiger partial charge in [0.05, 0.1) is 6.42 Å². The van der Waals surface area contributed by atoms with E-state index in [2.05, 4.69) is 29.4 Å². The zero-order valence-corrected chi connectivity index (χ0v) is 14.9. The lowest BCUT2D eigenvalue weighted by atomic mass is 10.0. The standard InChI is InChI=1S/C20H23N3O2/c1-13-10-14(2)19(15(3)11-13)23-9-6-17(20(23)25)22-18(24)12-16-4-7-21-8-5-16/h4-5,7-8,10-11,17H,6,9,12H2,1-3H3,(H,22,24). The van der Waals surface area contributed by atoms with Gasteiger partial charge in [0, 0.05) is 24.6 Å². The summed E-state index contributed by atoms with van der Waals surface area (Å²) in [6.07, 6.45) is 4.21. The smallest absolute Gasteiger partial charge is 0.249 e. The molecule has 1 saturated heterocycles. The molecule has 2 heterocycles. The van der Waals surface area contributed by atoms with Gasteiger partial charge in [-0.25, -0.2) is 0 Å². The second-order valence-electron chi connectivity index (χ2n) is 6.68. The molecule has 0 saturated carbocycles. The van der Waals surface area contributed by atoms with Crippen LogP contribution in [0.25, 0.3) is 0 Å². The van der Waals surface area contributed by atoms with E-state index in [1.807, 2.05) is 18.7 Å². The van der Waals surface area contributed by atoms with E-state index >= 15 is 0 Å². The number of pyridine rings is 1. The maximum absolute atomic E-state index is 12.8. The van der Waals surface area contributed by atoms with Crippen LogP contribution in [-0.4, -0.2) is 29.4 Å². The van der Waals surface area contributed by atoms with E-state index in [4.69, 9.17) is 0 Å². The predicted molar refractivity (Wildman–Crippen MR) is 97.5 cm³/mol. The van der Waals surface area contributed by atoms with Crippen LogP contribution >= 0.6 is 0 Å². The van der Waals surface area contributed by atoms with E-state index in [0.717, 1.165) is 22.4 Å². The molecule has 1 aliphatic heterocycles. The van der Waals surface area contributed by atoms with Crippen LogP contribution in [0.1, 0.15) is 28.7 Å². The maximum atomic E-state index is 12.8. The number of nitrogens with zero attached hydrogens (tertiary/aromatic N) is 2. The Morgan fingerprint density at radius 3 is 2.48 bits per heavy atom. The fourth-order valence-corrected chi connectivity index (χ4v) is 3.57. The number of benzene rings is 1. The third kappa shape index (κ3) is 3.71. The number of anilines is 1. The lowest BCUT2D eigenvalue weighted by Gasteiger charge is -2.22. The summed E-state index contributed by atoms with van der Waals surface area (Å²) < 4.78 is 0. The lowest BCUT2D eigenvalue weighted by Crippen LogP contribution is -2.42. The van der Waals surface area contributed by atoms with E-state index < -0.39 is 6.04 Å².